The molecule has 2 heterocycles. The normalized spacial score (nSPS) is 11.5. The van der Waals surface area contributed by atoms with Crippen LogP contribution in [0.3, 0.4) is 0 Å². The summed E-state index contributed by atoms with van der Waals surface area (Å²) < 4.78 is 3.71. The molecule has 0 bridgehead atoms. The van der Waals surface area contributed by atoms with Crippen molar-refractivity contribution < 1.29 is 4.92 Å². The van der Waals surface area contributed by atoms with Crippen molar-refractivity contribution in [1.29, 1.82) is 0 Å². The van der Waals surface area contributed by atoms with Gasteiger partial charge in [-0.2, -0.15) is 0 Å². The van der Waals surface area contributed by atoms with Gasteiger partial charge in [0.05, 0.1) is 0 Å². The van der Waals surface area contributed by atoms with Crippen molar-refractivity contribution in [3.8, 4) is 5.69 Å². The van der Waals surface area contributed by atoms with E-state index in [-0.39, 0.29) is 10.6 Å². The van der Waals surface area contributed by atoms with Crippen LogP contribution in [0.2, 0.25) is 0 Å². The standard InChI is InChI=1S/C11H9BIN4O2P/c1-7-12-2-3-15(7)8-4-10-9(6-14-16(10)20-13)11(5-8)17(18)19/h2-6,20H,1H3. The van der Waals surface area contributed by atoms with Crippen molar-refractivity contribution in [3.63, 3.8) is 0 Å². The Kier molecular flexibility index (Phi) is 3.60. The van der Waals surface area contributed by atoms with E-state index in [2.05, 4.69) is 27.1 Å². The average molecular weight is 398 g/mol. The fraction of sp³-hybridized carbons (Fsp3) is 0.0909. The quantitative estimate of drug-likeness (QED) is 0.295. The number of nitro benzene ring substituents is 1. The minimum atomic E-state index is -0.354. The van der Waals surface area contributed by atoms with Gasteiger partial charge < -0.3 is 0 Å². The number of aryl methyl sites for hydroxylation is 1. The first kappa shape index (κ1) is 13.7. The molecule has 2 aromatic heterocycles. The summed E-state index contributed by atoms with van der Waals surface area (Å²) in [7, 11) is 0. The molecule has 0 aliphatic heterocycles. The number of hydrogen-bond acceptors (Lipinski definition) is 3. The van der Waals surface area contributed by atoms with Crippen LogP contribution >= 0.6 is 28.4 Å². The van der Waals surface area contributed by atoms with Gasteiger partial charge in [0.1, 0.15) is 0 Å². The third-order valence-electron chi connectivity index (χ3n) is 3.16. The van der Waals surface area contributed by atoms with E-state index >= 15 is 0 Å². The second kappa shape index (κ2) is 5.25. The summed E-state index contributed by atoms with van der Waals surface area (Å²) in [6, 6.07) is 3.53. The minimum absolute atomic E-state index is 0.0894. The molecule has 1 unspecified atom stereocenters. The van der Waals surface area contributed by atoms with E-state index in [4.69, 9.17) is 0 Å². The van der Waals surface area contributed by atoms with E-state index in [1.807, 2.05) is 36.6 Å². The number of nitrogens with zero attached hydrogens (tertiary/aromatic N) is 4. The summed E-state index contributed by atoms with van der Waals surface area (Å²) in [6.45, 7) is 3.93. The third-order valence-corrected chi connectivity index (χ3v) is 5.05. The molecule has 6 nitrogen and oxygen atoms in total. The summed E-state index contributed by atoms with van der Waals surface area (Å²) >= 11 is 2.21. The second-order valence-corrected chi connectivity index (χ2v) is 6.36. The Morgan fingerprint density at radius 1 is 1.50 bits per heavy atom. The molecule has 0 radical (unpaired) electrons. The summed E-state index contributed by atoms with van der Waals surface area (Å²) in [5.74, 6) is 1.92. The molecule has 0 N–H and O–H groups in total. The Bertz CT molecular complexity index is 816. The maximum atomic E-state index is 11.3. The zero-order chi connectivity index (χ0) is 14.3. The van der Waals surface area contributed by atoms with Gasteiger partial charge in [-0.05, 0) is 0 Å². The molecule has 1 aromatic carbocycles. The Balaban J connectivity index is 2.34. The van der Waals surface area contributed by atoms with Crippen LogP contribution in [0.1, 0.15) is 5.59 Å². The predicted octanol–water partition coefficient (Wildman–Crippen LogP) is 3.17. The van der Waals surface area contributed by atoms with Crippen molar-refractivity contribution in [2.24, 2.45) is 0 Å². The Hall–Kier alpha value is -1.28. The number of rotatable bonds is 3. The zero-order valence-electron chi connectivity index (χ0n) is 10.4. The molecular formula is C11H9BIN4O2P. The first-order valence-electron chi connectivity index (χ1n) is 5.79. The van der Waals surface area contributed by atoms with Gasteiger partial charge in [0.2, 0.25) is 0 Å². The van der Waals surface area contributed by atoms with Crippen LogP contribution in [-0.4, -0.2) is 26.0 Å². The molecule has 0 saturated carbocycles. The van der Waals surface area contributed by atoms with Crippen LogP contribution in [0.4, 0.5) is 5.69 Å². The van der Waals surface area contributed by atoms with E-state index in [1.165, 1.54) is 0 Å². The Labute approximate surface area is 129 Å². The molecule has 3 aromatic rings. The third kappa shape index (κ3) is 2.16. The Morgan fingerprint density at radius 3 is 2.90 bits per heavy atom. The molecule has 0 spiro atoms. The topological polar surface area (TPSA) is 65.9 Å². The number of fused-ring (bicyclic) bond motifs is 1. The van der Waals surface area contributed by atoms with Crippen LogP contribution in [0.5, 0.6) is 0 Å². The number of aromatic nitrogens is 3. The first-order valence-corrected chi connectivity index (χ1v) is 9.85. The van der Waals surface area contributed by atoms with Crippen molar-refractivity contribution in [2.75, 3.05) is 0 Å². The molecule has 20 heavy (non-hydrogen) atoms. The van der Waals surface area contributed by atoms with Crippen molar-refractivity contribution >= 4 is 51.9 Å². The van der Waals surface area contributed by atoms with Gasteiger partial charge in [-0.25, -0.2) is 0 Å². The summed E-state index contributed by atoms with van der Waals surface area (Å²) in [5, 5.41) is 16.1. The van der Waals surface area contributed by atoms with Gasteiger partial charge in [-0.1, -0.05) is 0 Å². The summed E-state index contributed by atoms with van der Waals surface area (Å²) in [4.78, 5) is 10.9. The second-order valence-electron chi connectivity index (χ2n) is 4.32. The summed E-state index contributed by atoms with van der Waals surface area (Å²) in [6.07, 6.45) is 3.86. The van der Waals surface area contributed by atoms with Gasteiger partial charge in [0.15, 0.2) is 0 Å². The van der Waals surface area contributed by atoms with Crippen LogP contribution in [-0.2, 0) is 0 Å². The van der Waals surface area contributed by atoms with Crippen molar-refractivity contribution in [1.82, 2.24) is 14.1 Å². The molecule has 0 fully saturated rings. The van der Waals surface area contributed by atoms with Crippen molar-refractivity contribution in [2.45, 2.75) is 6.92 Å². The number of non-ortho nitro benzene ring substituents is 1. The number of nitro groups is 1. The van der Waals surface area contributed by atoms with Crippen LogP contribution in [0.15, 0.2) is 30.5 Å². The van der Waals surface area contributed by atoms with Crippen LogP contribution < -0.4 is 0 Å². The molecule has 100 valence electrons. The molecule has 9 heteroatoms. The SMILES string of the molecule is Cc1bccn1-c1cc([N+](=O)[O-])c2cnn(PI)c2c1. The van der Waals surface area contributed by atoms with E-state index in [9.17, 15) is 10.1 Å². The molecule has 0 saturated heterocycles. The molecule has 0 aliphatic rings. The molecule has 1 atom stereocenters. The molecule has 0 aliphatic carbocycles. The van der Waals surface area contributed by atoms with E-state index < -0.39 is 0 Å². The van der Waals surface area contributed by atoms with Crippen LogP contribution in [0.25, 0.3) is 16.6 Å². The average Bonchev–Trinajstić information content (AvgIpc) is 3.02. The molecule has 3 rings (SSSR count). The van der Waals surface area contributed by atoms with Gasteiger partial charge >= 0.3 is 130 Å². The number of hydrogen-bond donors (Lipinski definition) is 0. The number of benzene rings is 1. The van der Waals surface area contributed by atoms with E-state index in [0.717, 1.165) is 16.8 Å². The maximum absolute atomic E-state index is 11.3. The monoisotopic (exact) mass is 398 g/mol. The zero-order valence-corrected chi connectivity index (χ0v) is 13.6. The molecule has 0 amide bonds. The van der Waals surface area contributed by atoms with Crippen LogP contribution in [0, 0.1) is 17.0 Å². The van der Waals surface area contributed by atoms with Gasteiger partial charge in [0, 0.05) is 0 Å². The summed E-state index contributed by atoms with van der Waals surface area (Å²) in [5.41, 5.74) is 2.69. The number of halogens is 1. The predicted molar refractivity (Wildman–Crippen MR) is 89.5 cm³/mol. The fourth-order valence-electron chi connectivity index (χ4n) is 2.21. The van der Waals surface area contributed by atoms with Gasteiger partial charge in [-0.15, -0.1) is 0 Å². The van der Waals surface area contributed by atoms with Gasteiger partial charge in [0.25, 0.3) is 0 Å². The van der Waals surface area contributed by atoms with E-state index in [1.54, 1.807) is 16.7 Å². The van der Waals surface area contributed by atoms with Crippen molar-refractivity contribution in [3.05, 3.63) is 46.2 Å². The first-order chi connectivity index (χ1) is 9.61. The fourth-order valence-corrected chi connectivity index (χ4v) is 3.74. The Morgan fingerprint density at radius 2 is 2.30 bits per heavy atom. The van der Waals surface area contributed by atoms with E-state index in [0.29, 0.717) is 11.8 Å². The molecular weight excluding hydrogens is 389 g/mol. The van der Waals surface area contributed by atoms with Gasteiger partial charge in [-0.3, -0.25) is 0 Å².